The zero-order valence-corrected chi connectivity index (χ0v) is 9.87. The predicted octanol–water partition coefficient (Wildman–Crippen LogP) is 2.82. The Balaban J connectivity index is 2.02. The molecule has 96 valence electrons. The van der Waals surface area contributed by atoms with Gasteiger partial charge < -0.3 is 0 Å². The lowest BCUT2D eigenvalue weighted by molar-refractivity contribution is 0.324. The van der Waals surface area contributed by atoms with E-state index in [1.165, 1.54) is 10.8 Å². The van der Waals surface area contributed by atoms with E-state index in [1.807, 2.05) is 30.3 Å². The first-order chi connectivity index (χ1) is 9.20. The van der Waals surface area contributed by atoms with Gasteiger partial charge in [-0.15, -0.1) is 0 Å². The Morgan fingerprint density at radius 3 is 2.79 bits per heavy atom. The molecule has 1 aromatic heterocycles. The highest BCUT2D eigenvalue weighted by molar-refractivity contribution is 5.24. The molecule has 2 unspecified atom stereocenters. The average molecular weight is 260 g/mol. The van der Waals surface area contributed by atoms with Gasteiger partial charge in [-0.3, -0.25) is 0 Å². The van der Waals surface area contributed by atoms with Crippen LogP contribution in [0.2, 0.25) is 0 Å². The number of halogens is 2. The number of alkyl halides is 2. The number of hydrogen-bond donors (Lipinski definition) is 0. The van der Waals surface area contributed by atoms with E-state index >= 15 is 0 Å². The molecule has 0 spiro atoms. The quantitative estimate of drug-likeness (QED) is 0.834. The van der Waals surface area contributed by atoms with Gasteiger partial charge in [0.05, 0.1) is 6.04 Å². The number of aromatic nitrogens is 3. The molecule has 2 aromatic rings. The molecule has 0 N–H and O–H groups in total. The molecule has 0 aliphatic carbocycles. The summed E-state index contributed by atoms with van der Waals surface area (Å²) in [6, 6.07) is 10.4. The van der Waals surface area contributed by atoms with E-state index < -0.39 is 12.3 Å². The van der Waals surface area contributed by atoms with Crippen molar-refractivity contribution in [3.63, 3.8) is 0 Å². The molecule has 0 saturated carbocycles. The summed E-state index contributed by atoms with van der Waals surface area (Å²) in [5.74, 6) is -0.164. The molecule has 0 amide bonds. The maximum Gasteiger partial charge on any atom is 0.246 e. The molecule has 0 saturated heterocycles. The van der Waals surface area contributed by atoms with Crippen LogP contribution in [0, 0.1) is 11.3 Å². The topological polar surface area (TPSA) is 54.5 Å². The normalized spacial score (nSPS) is 22.8. The third-order valence-electron chi connectivity index (χ3n) is 3.20. The van der Waals surface area contributed by atoms with Gasteiger partial charge in [0.15, 0.2) is 17.8 Å². The largest absolute Gasteiger partial charge is 0.246 e. The Morgan fingerprint density at radius 2 is 2.11 bits per heavy atom. The lowest BCUT2D eigenvalue weighted by Crippen LogP contribution is -2.08. The monoisotopic (exact) mass is 260 g/mol. The fourth-order valence-electron chi connectivity index (χ4n) is 2.31. The second-order valence-electron chi connectivity index (χ2n) is 4.39. The van der Waals surface area contributed by atoms with E-state index in [-0.39, 0.29) is 24.1 Å². The predicted molar refractivity (Wildman–Crippen MR) is 62.5 cm³/mol. The standard InChI is InChI=1S/C13H10F2N4/c14-9-6-11(8-4-2-1-3-5-8)19-13(9)17-12(18-19)10(15)7-16/h1-5,9-11H,6H2/t9?,10-,11?/m0/s1. The van der Waals surface area contributed by atoms with E-state index in [9.17, 15) is 8.78 Å². The van der Waals surface area contributed by atoms with Crippen LogP contribution < -0.4 is 0 Å². The number of nitriles is 1. The summed E-state index contributed by atoms with van der Waals surface area (Å²) in [5.41, 5.74) is 0.896. The van der Waals surface area contributed by atoms with Gasteiger partial charge in [-0.1, -0.05) is 30.3 Å². The van der Waals surface area contributed by atoms with Gasteiger partial charge in [-0.05, 0) is 5.56 Å². The minimum atomic E-state index is -1.92. The molecule has 0 fully saturated rings. The summed E-state index contributed by atoms with van der Waals surface area (Å²) in [7, 11) is 0. The Hall–Kier alpha value is -2.29. The van der Waals surface area contributed by atoms with Crippen molar-refractivity contribution in [3.05, 3.63) is 47.5 Å². The molecule has 4 nitrogen and oxygen atoms in total. The van der Waals surface area contributed by atoms with E-state index in [4.69, 9.17) is 5.26 Å². The average Bonchev–Trinajstić information content (AvgIpc) is 3.00. The van der Waals surface area contributed by atoms with Crippen molar-refractivity contribution in [3.8, 4) is 6.07 Å². The third-order valence-corrected chi connectivity index (χ3v) is 3.20. The highest BCUT2D eigenvalue weighted by atomic mass is 19.1. The minimum absolute atomic E-state index is 0.0988. The van der Waals surface area contributed by atoms with Crippen LogP contribution in [0.15, 0.2) is 30.3 Å². The number of rotatable bonds is 2. The first kappa shape index (κ1) is 11.8. The molecule has 6 heteroatoms. The Bertz CT molecular complexity index is 632. The highest BCUT2D eigenvalue weighted by Gasteiger charge is 2.36. The van der Waals surface area contributed by atoms with Crippen LogP contribution in [0.4, 0.5) is 8.78 Å². The van der Waals surface area contributed by atoms with Crippen LogP contribution in [-0.4, -0.2) is 14.8 Å². The third kappa shape index (κ3) is 1.87. The summed E-state index contributed by atoms with van der Waals surface area (Å²) < 4.78 is 28.5. The second-order valence-corrected chi connectivity index (χ2v) is 4.39. The van der Waals surface area contributed by atoms with Gasteiger partial charge in [0.1, 0.15) is 6.07 Å². The molecule has 1 aromatic carbocycles. The van der Waals surface area contributed by atoms with Crippen molar-refractivity contribution in [2.24, 2.45) is 0 Å². The molecule has 1 aliphatic rings. The van der Waals surface area contributed by atoms with Crippen LogP contribution in [0.5, 0.6) is 0 Å². The Labute approximate surface area is 108 Å². The van der Waals surface area contributed by atoms with Crippen molar-refractivity contribution in [1.82, 2.24) is 14.8 Å². The smallest absolute Gasteiger partial charge is 0.239 e. The molecular weight excluding hydrogens is 250 g/mol. The molecule has 0 bridgehead atoms. The van der Waals surface area contributed by atoms with Gasteiger partial charge in [0, 0.05) is 6.42 Å². The molecule has 0 radical (unpaired) electrons. The zero-order chi connectivity index (χ0) is 13.4. The van der Waals surface area contributed by atoms with Crippen molar-refractivity contribution in [2.45, 2.75) is 24.8 Å². The van der Waals surface area contributed by atoms with Gasteiger partial charge in [-0.2, -0.15) is 10.4 Å². The van der Waals surface area contributed by atoms with Gasteiger partial charge in [0.2, 0.25) is 6.17 Å². The molecular formula is C13H10F2N4. The summed E-state index contributed by atoms with van der Waals surface area (Å²) >= 11 is 0. The molecule has 1 aliphatic heterocycles. The Kier molecular flexibility index (Phi) is 2.75. The molecule has 3 atom stereocenters. The zero-order valence-electron chi connectivity index (χ0n) is 9.87. The van der Waals surface area contributed by atoms with Crippen molar-refractivity contribution in [1.29, 1.82) is 5.26 Å². The molecule has 2 heterocycles. The van der Waals surface area contributed by atoms with Crippen molar-refractivity contribution >= 4 is 0 Å². The second kappa shape index (κ2) is 4.43. The fourth-order valence-corrected chi connectivity index (χ4v) is 2.31. The Morgan fingerprint density at radius 1 is 1.37 bits per heavy atom. The van der Waals surface area contributed by atoms with Crippen LogP contribution >= 0.6 is 0 Å². The maximum absolute atomic E-state index is 13.9. The van der Waals surface area contributed by atoms with E-state index in [0.29, 0.717) is 0 Å². The lowest BCUT2D eigenvalue weighted by atomic mass is 10.0. The van der Waals surface area contributed by atoms with E-state index in [1.54, 1.807) is 0 Å². The molecule has 19 heavy (non-hydrogen) atoms. The van der Waals surface area contributed by atoms with Gasteiger partial charge in [0.25, 0.3) is 0 Å². The summed E-state index contributed by atoms with van der Waals surface area (Å²) in [4.78, 5) is 3.80. The van der Waals surface area contributed by atoms with Gasteiger partial charge in [-0.25, -0.2) is 18.4 Å². The van der Waals surface area contributed by atoms with Crippen LogP contribution in [0.3, 0.4) is 0 Å². The highest BCUT2D eigenvalue weighted by Crippen LogP contribution is 2.39. The van der Waals surface area contributed by atoms with Crippen LogP contribution in [0.25, 0.3) is 0 Å². The summed E-state index contributed by atoms with van der Waals surface area (Å²) in [5, 5.41) is 12.5. The SMILES string of the molecule is N#C[C@H](F)c1nc2n(n1)C(c1ccccc1)CC2F. The number of hydrogen-bond acceptors (Lipinski definition) is 3. The lowest BCUT2D eigenvalue weighted by Gasteiger charge is -2.11. The number of benzene rings is 1. The molecule has 3 rings (SSSR count). The first-order valence-corrected chi connectivity index (χ1v) is 5.89. The van der Waals surface area contributed by atoms with Crippen molar-refractivity contribution in [2.75, 3.05) is 0 Å². The van der Waals surface area contributed by atoms with Crippen molar-refractivity contribution < 1.29 is 8.78 Å². The van der Waals surface area contributed by atoms with E-state index in [2.05, 4.69) is 10.1 Å². The number of fused-ring (bicyclic) bond motifs is 1. The van der Waals surface area contributed by atoms with Crippen LogP contribution in [0.1, 0.15) is 42.0 Å². The van der Waals surface area contributed by atoms with E-state index in [0.717, 1.165) is 5.56 Å². The maximum atomic E-state index is 13.9. The minimum Gasteiger partial charge on any atom is -0.239 e. The number of nitrogens with zero attached hydrogens (tertiary/aromatic N) is 4. The summed E-state index contributed by atoms with van der Waals surface area (Å²) in [6.07, 6.45) is -2.96. The van der Waals surface area contributed by atoms with Crippen LogP contribution in [-0.2, 0) is 0 Å². The first-order valence-electron chi connectivity index (χ1n) is 5.89. The summed E-state index contributed by atoms with van der Waals surface area (Å²) in [6.45, 7) is 0. The fraction of sp³-hybridized carbons (Fsp3) is 0.308. The van der Waals surface area contributed by atoms with Gasteiger partial charge >= 0.3 is 0 Å².